The summed E-state index contributed by atoms with van der Waals surface area (Å²) in [5.41, 5.74) is 3.66. The molecule has 3 amide bonds. The lowest BCUT2D eigenvalue weighted by molar-refractivity contribution is -0.140. The predicted molar refractivity (Wildman–Crippen MR) is 149 cm³/mol. The lowest BCUT2D eigenvalue weighted by atomic mass is 9.95. The van der Waals surface area contributed by atoms with Gasteiger partial charge in [0, 0.05) is 0 Å². The van der Waals surface area contributed by atoms with Gasteiger partial charge in [0.05, 0.1) is 31.7 Å². The molecule has 2 aromatic carbocycles. The predicted octanol–water partition coefficient (Wildman–Crippen LogP) is 3.33. The van der Waals surface area contributed by atoms with Crippen molar-refractivity contribution in [1.82, 2.24) is 15.5 Å². The van der Waals surface area contributed by atoms with E-state index in [0.717, 1.165) is 22.3 Å². The van der Waals surface area contributed by atoms with Crippen molar-refractivity contribution in [3.05, 3.63) is 59.7 Å². The van der Waals surface area contributed by atoms with E-state index in [-0.39, 0.29) is 11.8 Å². The largest absolute Gasteiger partial charge is 0.481 e. The second-order valence-corrected chi connectivity index (χ2v) is 10.8. The molecule has 0 bridgehead atoms. The van der Waals surface area contributed by atoms with Crippen LogP contribution in [0, 0.1) is 11.8 Å². The number of carboxylic acid groups (broad SMARTS) is 1. The van der Waals surface area contributed by atoms with Gasteiger partial charge in [0.15, 0.2) is 0 Å². The molecular weight excluding hydrogens is 514 g/mol. The number of aliphatic hydroxyl groups is 1. The van der Waals surface area contributed by atoms with E-state index in [1.54, 1.807) is 13.8 Å². The molecule has 216 valence electrons. The SMILES string of the molecule is COC(=O)N(C1c2ccccc2-c2ccccc21)[C@@H](C(=O)N[C@H](C)C(=O)N[C@H](C(C)C)[C@@H](O)CC(=O)O)C(C)C. The number of aliphatic carboxylic acids is 1. The molecule has 40 heavy (non-hydrogen) atoms. The maximum absolute atomic E-state index is 13.8. The zero-order valence-electron chi connectivity index (χ0n) is 23.8. The summed E-state index contributed by atoms with van der Waals surface area (Å²) in [6.45, 7) is 8.62. The van der Waals surface area contributed by atoms with Crippen LogP contribution in [0.1, 0.15) is 58.2 Å². The summed E-state index contributed by atoms with van der Waals surface area (Å²) >= 11 is 0. The average molecular weight is 554 g/mol. The van der Waals surface area contributed by atoms with Gasteiger partial charge < -0.3 is 25.6 Å². The van der Waals surface area contributed by atoms with Crippen LogP contribution in [0.15, 0.2) is 48.5 Å². The first-order chi connectivity index (χ1) is 18.9. The molecular formula is C30H39N3O7. The van der Waals surface area contributed by atoms with Crippen molar-refractivity contribution in [3.8, 4) is 11.1 Å². The van der Waals surface area contributed by atoms with Gasteiger partial charge in [-0.25, -0.2) is 4.79 Å². The molecule has 10 heteroatoms. The first-order valence-electron chi connectivity index (χ1n) is 13.4. The Balaban J connectivity index is 1.90. The Labute approximate surface area is 234 Å². The monoisotopic (exact) mass is 553 g/mol. The van der Waals surface area contributed by atoms with E-state index in [1.807, 2.05) is 62.4 Å². The van der Waals surface area contributed by atoms with Crippen LogP contribution in [0.4, 0.5) is 4.79 Å². The number of hydrogen-bond donors (Lipinski definition) is 4. The Morgan fingerprint density at radius 3 is 1.82 bits per heavy atom. The van der Waals surface area contributed by atoms with Crippen molar-refractivity contribution in [1.29, 1.82) is 0 Å². The fourth-order valence-corrected chi connectivity index (χ4v) is 5.33. The molecule has 0 unspecified atom stereocenters. The third kappa shape index (κ3) is 6.44. The fraction of sp³-hybridized carbons (Fsp3) is 0.467. The third-order valence-electron chi connectivity index (χ3n) is 7.24. The van der Waals surface area contributed by atoms with Gasteiger partial charge in [-0.2, -0.15) is 0 Å². The summed E-state index contributed by atoms with van der Waals surface area (Å²) < 4.78 is 5.18. The van der Waals surface area contributed by atoms with Gasteiger partial charge in [0.1, 0.15) is 12.1 Å². The van der Waals surface area contributed by atoms with E-state index in [1.165, 1.54) is 18.9 Å². The molecule has 4 atom stereocenters. The van der Waals surface area contributed by atoms with Crippen LogP contribution in [-0.4, -0.2) is 70.3 Å². The Morgan fingerprint density at radius 1 is 0.850 bits per heavy atom. The Morgan fingerprint density at radius 2 is 1.38 bits per heavy atom. The number of amides is 3. The molecule has 3 rings (SSSR count). The van der Waals surface area contributed by atoms with Gasteiger partial charge in [0.25, 0.3) is 0 Å². The fourth-order valence-electron chi connectivity index (χ4n) is 5.33. The highest BCUT2D eigenvalue weighted by molar-refractivity contribution is 5.92. The number of carbonyl (C=O) groups excluding carboxylic acids is 3. The van der Waals surface area contributed by atoms with Crippen molar-refractivity contribution in [2.24, 2.45) is 11.8 Å². The van der Waals surface area contributed by atoms with Crippen LogP contribution in [0.2, 0.25) is 0 Å². The normalized spacial score (nSPS) is 15.4. The number of carboxylic acids is 1. The number of fused-ring (bicyclic) bond motifs is 3. The lowest BCUT2D eigenvalue weighted by Gasteiger charge is -2.38. The number of aliphatic hydroxyl groups excluding tert-OH is 1. The molecule has 0 fully saturated rings. The summed E-state index contributed by atoms with van der Waals surface area (Å²) in [5, 5.41) is 24.8. The van der Waals surface area contributed by atoms with Crippen LogP contribution in [0.3, 0.4) is 0 Å². The molecule has 0 saturated heterocycles. The molecule has 2 aromatic rings. The smallest absolute Gasteiger partial charge is 0.410 e. The van der Waals surface area contributed by atoms with Crippen molar-refractivity contribution < 1.29 is 34.1 Å². The van der Waals surface area contributed by atoms with Crippen LogP contribution in [0.25, 0.3) is 11.1 Å². The standard InChI is InChI=1S/C30H39N3O7/c1-16(2)25(23(34)15-24(35)36)32-28(37)18(5)31-29(38)26(17(3)4)33(30(39)40-6)27-21-13-9-7-11-19(21)20-12-8-10-14-22(20)27/h7-14,16-18,23,25-27,34H,15H2,1-6H3,(H,31,38)(H,32,37)(H,35,36)/t18-,23+,25-,26-/m1/s1. The number of ether oxygens (including phenoxy) is 1. The Bertz CT molecular complexity index is 1200. The van der Waals surface area contributed by atoms with Crippen LogP contribution >= 0.6 is 0 Å². The minimum Gasteiger partial charge on any atom is -0.481 e. The quantitative estimate of drug-likeness (QED) is 0.334. The summed E-state index contributed by atoms with van der Waals surface area (Å²) in [6, 6.07) is 12.0. The molecule has 1 aliphatic carbocycles. The summed E-state index contributed by atoms with van der Waals surface area (Å²) in [5.74, 6) is -2.93. The first-order valence-corrected chi connectivity index (χ1v) is 13.4. The van der Waals surface area contributed by atoms with E-state index in [2.05, 4.69) is 10.6 Å². The van der Waals surface area contributed by atoms with Gasteiger partial charge in [0.2, 0.25) is 11.8 Å². The van der Waals surface area contributed by atoms with Crippen LogP contribution in [0.5, 0.6) is 0 Å². The topological polar surface area (TPSA) is 145 Å². The van der Waals surface area contributed by atoms with Crippen molar-refractivity contribution in [2.45, 2.75) is 71.3 Å². The Kier molecular flexibility index (Phi) is 9.92. The highest BCUT2D eigenvalue weighted by Crippen LogP contribution is 2.47. The number of benzene rings is 2. The van der Waals surface area contributed by atoms with Crippen molar-refractivity contribution in [2.75, 3.05) is 7.11 Å². The summed E-state index contributed by atoms with van der Waals surface area (Å²) in [7, 11) is 1.27. The van der Waals surface area contributed by atoms with Crippen molar-refractivity contribution in [3.63, 3.8) is 0 Å². The van der Waals surface area contributed by atoms with E-state index < -0.39 is 60.6 Å². The zero-order valence-corrected chi connectivity index (χ0v) is 23.8. The minimum atomic E-state index is -1.30. The average Bonchev–Trinajstić information content (AvgIpc) is 3.22. The molecule has 10 nitrogen and oxygen atoms in total. The number of hydrogen-bond acceptors (Lipinski definition) is 6. The number of carbonyl (C=O) groups is 4. The van der Waals surface area contributed by atoms with Gasteiger partial charge >= 0.3 is 12.1 Å². The highest BCUT2D eigenvalue weighted by Gasteiger charge is 2.44. The second-order valence-electron chi connectivity index (χ2n) is 10.8. The third-order valence-corrected chi connectivity index (χ3v) is 7.24. The van der Waals surface area contributed by atoms with E-state index in [0.29, 0.717) is 0 Å². The van der Waals surface area contributed by atoms with Crippen molar-refractivity contribution >= 4 is 23.9 Å². The second kappa shape index (κ2) is 13.0. The van der Waals surface area contributed by atoms with E-state index in [9.17, 15) is 24.3 Å². The van der Waals surface area contributed by atoms with Crippen LogP contribution < -0.4 is 10.6 Å². The van der Waals surface area contributed by atoms with Gasteiger partial charge in [-0.15, -0.1) is 0 Å². The van der Waals surface area contributed by atoms with E-state index >= 15 is 0 Å². The Hall–Kier alpha value is -3.92. The van der Waals surface area contributed by atoms with Gasteiger partial charge in [-0.3, -0.25) is 19.3 Å². The van der Waals surface area contributed by atoms with E-state index in [4.69, 9.17) is 9.84 Å². The van der Waals surface area contributed by atoms with Gasteiger partial charge in [-0.1, -0.05) is 76.2 Å². The molecule has 0 aromatic heterocycles. The lowest BCUT2D eigenvalue weighted by Crippen LogP contribution is -2.58. The highest BCUT2D eigenvalue weighted by atomic mass is 16.5. The molecule has 1 aliphatic rings. The zero-order chi connectivity index (χ0) is 29.7. The minimum absolute atomic E-state index is 0.262. The summed E-state index contributed by atoms with van der Waals surface area (Å²) in [6.07, 6.45) is -2.51. The molecule has 0 saturated carbocycles. The molecule has 4 N–H and O–H groups in total. The molecule has 0 radical (unpaired) electrons. The first kappa shape index (κ1) is 30.6. The maximum Gasteiger partial charge on any atom is 0.410 e. The number of nitrogens with zero attached hydrogens (tertiary/aromatic N) is 1. The van der Waals surface area contributed by atoms with Crippen LogP contribution in [-0.2, 0) is 19.1 Å². The molecule has 0 spiro atoms. The molecule has 0 heterocycles. The number of methoxy groups -OCH3 is 1. The molecule has 0 aliphatic heterocycles. The summed E-state index contributed by atoms with van der Waals surface area (Å²) in [4.78, 5) is 52.7. The number of rotatable bonds is 11. The van der Waals surface area contributed by atoms with Gasteiger partial charge in [-0.05, 0) is 41.0 Å². The maximum atomic E-state index is 13.8. The number of nitrogens with one attached hydrogen (secondary N) is 2.